The number of rotatable bonds is 3. The fourth-order valence-electron chi connectivity index (χ4n) is 3.94. The first-order valence-electron chi connectivity index (χ1n) is 8.29. The minimum absolute atomic E-state index is 0.206. The molecule has 4 heterocycles. The van der Waals surface area contributed by atoms with Crippen LogP contribution in [0.15, 0.2) is 22.7 Å². The van der Waals surface area contributed by atoms with E-state index < -0.39 is 0 Å². The van der Waals surface area contributed by atoms with Gasteiger partial charge in [0.05, 0.1) is 18.6 Å². The van der Waals surface area contributed by atoms with E-state index in [0.29, 0.717) is 31.0 Å². The largest absolute Gasteiger partial charge is 0.454 e. The minimum atomic E-state index is 0.206. The van der Waals surface area contributed by atoms with Gasteiger partial charge in [0.25, 0.3) is 0 Å². The fourth-order valence-corrected chi connectivity index (χ4v) is 3.94. The van der Waals surface area contributed by atoms with Crippen LogP contribution in [0.4, 0.5) is 0 Å². The van der Waals surface area contributed by atoms with Crippen LogP contribution in [-0.2, 0) is 11.3 Å². The van der Waals surface area contributed by atoms with E-state index in [1.165, 1.54) is 5.56 Å². The molecule has 0 aliphatic carbocycles. The molecule has 3 aliphatic heterocycles. The Labute approximate surface area is 139 Å². The van der Waals surface area contributed by atoms with E-state index in [1.54, 1.807) is 0 Å². The van der Waals surface area contributed by atoms with Gasteiger partial charge in [0.1, 0.15) is 0 Å². The smallest absolute Gasteiger partial charge is 0.232 e. The number of likely N-dealkylation sites (tertiary alicyclic amines) is 1. The molecule has 0 bridgehead atoms. The van der Waals surface area contributed by atoms with Crippen molar-refractivity contribution in [2.45, 2.75) is 25.5 Å². The number of nitrogens with zero attached hydrogens (tertiary/aromatic N) is 3. The zero-order chi connectivity index (χ0) is 16.1. The van der Waals surface area contributed by atoms with E-state index in [1.807, 2.05) is 13.0 Å². The number of aryl methyl sites for hydroxylation is 1. The van der Waals surface area contributed by atoms with Crippen LogP contribution in [-0.4, -0.2) is 47.6 Å². The van der Waals surface area contributed by atoms with Crippen molar-refractivity contribution in [3.63, 3.8) is 0 Å². The minimum Gasteiger partial charge on any atom is -0.454 e. The second-order valence-electron chi connectivity index (χ2n) is 6.70. The van der Waals surface area contributed by atoms with E-state index in [-0.39, 0.29) is 12.0 Å². The average molecular weight is 329 g/mol. The molecule has 0 unspecified atom stereocenters. The molecule has 3 atom stereocenters. The van der Waals surface area contributed by atoms with Crippen LogP contribution in [0.1, 0.15) is 23.2 Å². The quantitative estimate of drug-likeness (QED) is 0.849. The van der Waals surface area contributed by atoms with Gasteiger partial charge in [-0.15, -0.1) is 0 Å². The molecule has 24 heavy (non-hydrogen) atoms. The maximum atomic E-state index is 5.98. The molecular weight excluding hydrogens is 310 g/mol. The molecule has 0 radical (unpaired) electrons. The predicted molar refractivity (Wildman–Crippen MR) is 82.8 cm³/mol. The molecule has 1 aromatic carbocycles. The van der Waals surface area contributed by atoms with E-state index in [2.05, 4.69) is 27.2 Å². The Bertz CT molecular complexity index is 762. The van der Waals surface area contributed by atoms with Gasteiger partial charge in [0.2, 0.25) is 12.7 Å². The fraction of sp³-hybridized carbons (Fsp3) is 0.529. The standard InChI is InChI=1S/C17H19N3O4/c1-10-18-17(24-19-10)13-8-21-16-7-20(6-12(13)16)5-11-2-3-14-15(4-11)23-9-22-14/h2-4,12-13,16H,5-9H2,1H3/t12-,13+,16-/m0/s1. The van der Waals surface area contributed by atoms with Crippen LogP contribution in [0.3, 0.4) is 0 Å². The molecule has 2 aromatic rings. The molecule has 0 amide bonds. The number of aromatic nitrogens is 2. The van der Waals surface area contributed by atoms with Gasteiger partial charge in [-0.2, -0.15) is 4.98 Å². The Morgan fingerprint density at radius 3 is 3.00 bits per heavy atom. The van der Waals surface area contributed by atoms with Crippen LogP contribution in [0.2, 0.25) is 0 Å². The van der Waals surface area contributed by atoms with Crippen LogP contribution in [0.25, 0.3) is 0 Å². The summed E-state index contributed by atoms with van der Waals surface area (Å²) in [6, 6.07) is 6.15. The number of hydrogen-bond donors (Lipinski definition) is 0. The molecule has 3 aliphatic rings. The second kappa shape index (κ2) is 5.46. The van der Waals surface area contributed by atoms with Crippen LogP contribution in [0.5, 0.6) is 11.5 Å². The first-order valence-corrected chi connectivity index (χ1v) is 8.29. The van der Waals surface area contributed by atoms with Crippen molar-refractivity contribution in [1.29, 1.82) is 0 Å². The topological polar surface area (TPSA) is 69.9 Å². The second-order valence-corrected chi connectivity index (χ2v) is 6.70. The van der Waals surface area contributed by atoms with Gasteiger partial charge in [-0.05, 0) is 24.6 Å². The molecule has 0 N–H and O–H groups in total. The Morgan fingerprint density at radius 2 is 2.12 bits per heavy atom. The summed E-state index contributed by atoms with van der Waals surface area (Å²) in [5, 5.41) is 3.91. The predicted octanol–water partition coefficient (Wildman–Crippen LogP) is 1.72. The average Bonchev–Trinajstić information content (AvgIpc) is 3.30. The number of benzene rings is 1. The van der Waals surface area contributed by atoms with Gasteiger partial charge >= 0.3 is 0 Å². The summed E-state index contributed by atoms with van der Waals surface area (Å²) in [5.41, 5.74) is 1.23. The van der Waals surface area contributed by atoms with E-state index >= 15 is 0 Å². The molecule has 0 spiro atoms. The van der Waals surface area contributed by atoms with Crippen molar-refractivity contribution in [2.24, 2.45) is 5.92 Å². The van der Waals surface area contributed by atoms with Crippen LogP contribution in [0, 0.1) is 12.8 Å². The lowest BCUT2D eigenvalue weighted by Crippen LogP contribution is -2.23. The lowest BCUT2D eigenvalue weighted by Gasteiger charge is -2.18. The summed E-state index contributed by atoms with van der Waals surface area (Å²) in [6.45, 7) is 5.62. The van der Waals surface area contributed by atoms with E-state index in [0.717, 1.165) is 31.1 Å². The SMILES string of the molecule is Cc1noc([C@@H]2CO[C@H]3CN(Cc4ccc5c(c4)OCO5)C[C@H]32)n1. The summed E-state index contributed by atoms with van der Waals surface area (Å²) in [7, 11) is 0. The summed E-state index contributed by atoms with van der Waals surface area (Å²) in [4.78, 5) is 6.81. The molecule has 7 heteroatoms. The number of hydrogen-bond acceptors (Lipinski definition) is 7. The highest BCUT2D eigenvalue weighted by Gasteiger charge is 2.46. The number of fused-ring (bicyclic) bond motifs is 2. The molecule has 0 saturated carbocycles. The van der Waals surface area contributed by atoms with Gasteiger partial charge in [0, 0.05) is 25.6 Å². The molecule has 2 saturated heterocycles. The lowest BCUT2D eigenvalue weighted by atomic mass is 9.93. The van der Waals surface area contributed by atoms with Crippen molar-refractivity contribution >= 4 is 0 Å². The molecule has 7 nitrogen and oxygen atoms in total. The van der Waals surface area contributed by atoms with Gasteiger partial charge in [-0.1, -0.05) is 11.2 Å². The number of ether oxygens (including phenoxy) is 3. The third-order valence-electron chi connectivity index (χ3n) is 5.10. The van der Waals surface area contributed by atoms with Gasteiger partial charge in [-0.3, -0.25) is 4.90 Å². The Hall–Kier alpha value is -2.12. The zero-order valence-corrected chi connectivity index (χ0v) is 13.5. The van der Waals surface area contributed by atoms with E-state index in [4.69, 9.17) is 18.7 Å². The van der Waals surface area contributed by atoms with Gasteiger partial charge in [0.15, 0.2) is 17.3 Å². The molecule has 5 rings (SSSR count). The summed E-state index contributed by atoms with van der Waals surface area (Å²) < 4.78 is 22.2. The third kappa shape index (κ3) is 2.35. The molecule has 126 valence electrons. The first-order chi connectivity index (χ1) is 11.8. The summed E-state index contributed by atoms with van der Waals surface area (Å²) >= 11 is 0. The van der Waals surface area contributed by atoms with Crippen molar-refractivity contribution in [1.82, 2.24) is 15.0 Å². The summed E-state index contributed by atoms with van der Waals surface area (Å²) in [5.74, 6) is 3.68. The highest BCUT2D eigenvalue weighted by atomic mass is 16.7. The van der Waals surface area contributed by atoms with Crippen LogP contribution < -0.4 is 9.47 Å². The molecule has 2 fully saturated rings. The van der Waals surface area contributed by atoms with Crippen molar-refractivity contribution < 1.29 is 18.7 Å². The normalized spacial score (nSPS) is 28.5. The maximum absolute atomic E-state index is 5.98. The highest BCUT2D eigenvalue weighted by Crippen LogP contribution is 2.40. The van der Waals surface area contributed by atoms with Crippen molar-refractivity contribution in [3.05, 3.63) is 35.5 Å². The zero-order valence-electron chi connectivity index (χ0n) is 13.5. The van der Waals surface area contributed by atoms with E-state index in [9.17, 15) is 0 Å². The Kier molecular flexibility index (Phi) is 3.24. The Balaban J connectivity index is 1.29. The third-order valence-corrected chi connectivity index (χ3v) is 5.10. The Morgan fingerprint density at radius 1 is 1.21 bits per heavy atom. The first kappa shape index (κ1) is 14.2. The van der Waals surface area contributed by atoms with Gasteiger partial charge < -0.3 is 18.7 Å². The van der Waals surface area contributed by atoms with Crippen LogP contribution >= 0.6 is 0 Å². The monoisotopic (exact) mass is 329 g/mol. The highest BCUT2D eigenvalue weighted by molar-refractivity contribution is 5.44. The maximum Gasteiger partial charge on any atom is 0.232 e. The molecular formula is C17H19N3O4. The van der Waals surface area contributed by atoms with Crippen molar-refractivity contribution in [3.8, 4) is 11.5 Å². The van der Waals surface area contributed by atoms with Crippen molar-refractivity contribution in [2.75, 3.05) is 26.5 Å². The summed E-state index contributed by atoms with van der Waals surface area (Å²) in [6.07, 6.45) is 0.246. The molecule has 1 aromatic heterocycles. The lowest BCUT2D eigenvalue weighted by molar-refractivity contribution is 0.0958. The van der Waals surface area contributed by atoms with Gasteiger partial charge in [-0.25, -0.2) is 0 Å².